The zero-order valence-corrected chi connectivity index (χ0v) is 10.8. The molecule has 0 saturated carbocycles. The minimum atomic E-state index is -4.42. The van der Waals surface area contributed by atoms with Gasteiger partial charge >= 0.3 is 6.18 Å². The van der Waals surface area contributed by atoms with E-state index in [4.69, 9.17) is 11.6 Å². The number of rotatable bonds is 1. The molecular formula is C12H8ClF3OS. The van der Waals surface area contributed by atoms with Gasteiger partial charge in [0, 0.05) is 12.5 Å². The van der Waals surface area contributed by atoms with Crippen LogP contribution in [0.1, 0.15) is 18.1 Å². The van der Waals surface area contributed by atoms with E-state index in [0.29, 0.717) is 5.56 Å². The molecule has 6 heteroatoms. The molecule has 18 heavy (non-hydrogen) atoms. The maximum atomic E-state index is 12.4. The maximum absolute atomic E-state index is 12.4. The van der Waals surface area contributed by atoms with Gasteiger partial charge in [-0.25, -0.2) is 0 Å². The van der Waals surface area contributed by atoms with Crippen molar-refractivity contribution in [2.24, 2.45) is 0 Å². The van der Waals surface area contributed by atoms with Gasteiger partial charge in [0.2, 0.25) is 0 Å². The molecule has 1 rings (SSSR count). The predicted octanol–water partition coefficient (Wildman–Crippen LogP) is 3.99. The zero-order chi connectivity index (χ0) is 13.8. The fourth-order valence-electron chi connectivity index (χ4n) is 1.06. The van der Waals surface area contributed by atoms with Crippen molar-refractivity contribution in [3.05, 3.63) is 34.3 Å². The third-order valence-electron chi connectivity index (χ3n) is 1.87. The van der Waals surface area contributed by atoms with E-state index in [1.807, 2.05) is 0 Å². The lowest BCUT2D eigenvalue weighted by molar-refractivity contribution is -0.137. The molecule has 0 bridgehead atoms. The number of hydrogen-bond acceptors (Lipinski definition) is 2. The van der Waals surface area contributed by atoms with Crippen molar-refractivity contribution >= 4 is 28.5 Å². The first kappa shape index (κ1) is 14.9. The van der Waals surface area contributed by atoms with E-state index in [2.05, 4.69) is 11.8 Å². The van der Waals surface area contributed by atoms with Crippen LogP contribution in [0.15, 0.2) is 18.2 Å². The average Bonchev–Trinajstić information content (AvgIpc) is 2.24. The highest BCUT2D eigenvalue weighted by Gasteiger charge is 2.30. The van der Waals surface area contributed by atoms with Crippen LogP contribution in [0.4, 0.5) is 13.2 Å². The number of hydrogen-bond donors (Lipinski definition) is 0. The summed E-state index contributed by atoms with van der Waals surface area (Å²) in [6.45, 7) is 1.41. The second-order valence-corrected chi connectivity index (χ2v) is 4.83. The second-order valence-electron chi connectivity index (χ2n) is 3.27. The lowest BCUT2D eigenvalue weighted by Gasteiger charge is -2.07. The molecule has 0 N–H and O–H groups in total. The minimum absolute atomic E-state index is 0.0508. The Bertz CT molecular complexity index is 514. The standard InChI is InChI=1S/C12H8ClF3OS/c1-8(17)18-6-2-3-9-4-5-10(7-11(9)13)12(14,15)16/h4-5,7H,6H2,1H3. The molecule has 0 radical (unpaired) electrons. The number of carbonyl (C=O) groups excluding carboxylic acids is 1. The van der Waals surface area contributed by atoms with Crippen LogP contribution < -0.4 is 0 Å². The molecule has 96 valence electrons. The number of benzene rings is 1. The summed E-state index contributed by atoms with van der Waals surface area (Å²) < 4.78 is 37.1. The summed E-state index contributed by atoms with van der Waals surface area (Å²) in [6.07, 6.45) is -4.42. The number of halogens is 4. The van der Waals surface area contributed by atoms with Crippen molar-refractivity contribution in [1.82, 2.24) is 0 Å². The summed E-state index contributed by atoms with van der Waals surface area (Å²) in [7, 11) is 0. The number of carbonyl (C=O) groups is 1. The quantitative estimate of drug-likeness (QED) is 0.728. The first-order chi connectivity index (χ1) is 8.30. The molecule has 1 aromatic carbocycles. The minimum Gasteiger partial charge on any atom is -0.288 e. The molecule has 0 aliphatic heterocycles. The Morgan fingerprint density at radius 2 is 2.11 bits per heavy atom. The molecular weight excluding hydrogens is 285 g/mol. The van der Waals surface area contributed by atoms with Gasteiger partial charge < -0.3 is 0 Å². The van der Waals surface area contributed by atoms with Gasteiger partial charge in [0.05, 0.1) is 16.3 Å². The Morgan fingerprint density at radius 1 is 1.44 bits per heavy atom. The molecule has 0 aromatic heterocycles. The van der Waals surface area contributed by atoms with Crippen LogP contribution >= 0.6 is 23.4 Å². The van der Waals surface area contributed by atoms with E-state index >= 15 is 0 Å². The van der Waals surface area contributed by atoms with Gasteiger partial charge in [-0.1, -0.05) is 35.2 Å². The monoisotopic (exact) mass is 292 g/mol. The van der Waals surface area contributed by atoms with Gasteiger partial charge in [-0.3, -0.25) is 4.79 Å². The van der Waals surface area contributed by atoms with Crippen molar-refractivity contribution in [3.8, 4) is 11.8 Å². The average molecular weight is 293 g/mol. The fraction of sp³-hybridized carbons (Fsp3) is 0.250. The normalized spacial score (nSPS) is 10.7. The topological polar surface area (TPSA) is 17.1 Å². The number of thioether (sulfide) groups is 1. The van der Waals surface area contributed by atoms with Crippen LogP contribution in [0.2, 0.25) is 5.02 Å². The Kier molecular flexibility index (Phi) is 5.12. The van der Waals surface area contributed by atoms with E-state index in [1.165, 1.54) is 13.0 Å². The Morgan fingerprint density at radius 3 is 2.61 bits per heavy atom. The van der Waals surface area contributed by atoms with Crippen LogP contribution in [0.25, 0.3) is 0 Å². The van der Waals surface area contributed by atoms with Crippen molar-refractivity contribution in [3.63, 3.8) is 0 Å². The van der Waals surface area contributed by atoms with E-state index in [0.717, 1.165) is 23.9 Å². The van der Waals surface area contributed by atoms with Gasteiger partial charge in [-0.2, -0.15) is 13.2 Å². The second kappa shape index (κ2) is 6.17. The molecule has 0 amide bonds. The lowest BCUT2D eigenvalue weighted by Crippen LogP contribution is -2.04. The van der Waals surface area contributed by atoms with Gasteiger partial charge in [-0.05, 0) is 18.2 Å². The molecule has 0 aliphatic carbocycles. The van der Waals surface area contributed by atoms with Crippen LogP contribution in [-0.4, -0.2) is 10.9 Å². The molecule has 0 aliphatic rings. The summed E-state index contributed by atoms with van der Waals surface area (Å²) in [6, 6.07) is 2.98. The first-order valence-electron chi connectivity index (χ1n) is 4.79. The summed E-state index contributed by atoms with van der Waals surface area (Å²) in [4.78, 5) is 10.6. The maximum Gasteiger partial charge on any atom is 0.416 e. The largest absolute Gasteiger partial charge is 0.416 e. The van der Waals surface area contributed by atoms with E-state index in [1.54, 1.807) is 0 Å². The highest BCUT2D eigenvalue weighted by atomic mass is 35.5. The summed E-state index contributed by atoms with van der Waals surface area (Å²) in [5.41, 5.74) is -0.495. The molecule has 0 atom stereocenters. The van der Waals surface area contributed by atoms with E-state index < -0.39 is 11.7 Å². The molecule has 0 heterocycles. The van der Waals surface area contributed by atoms with Gasteiger partial charge in [0.1, 0.15) is 0 Å². The predicted molar refractivity (Wildman–Crippen MR) is 66.5 cm³/mol. The number of alkyl halides is 3. The molecule has 0 saturated heterocycles. The van der Waals surface area contributed by atoms with E-state index in [9.17, 15) is 18.0 Å². The smallest absolute Gasteiger partial charge is 0.288 e. The molecule has 0 unspecified atom stereocenters. The third kappa shape index (κ3) is 4.63. The van der Waals surface area contributed by atoms with Gasteiger partial charge in [0.25, 0.3) is 0 Å². The van der Waals surface area contributed by atoms with Crippen LogP contribution in [0, 0.1) is 11.8 Å². The third-order valence-corrected chi connectivity index (χ3v) is 2.87. The van der Waals surface area contributed by atoms with E-state index in [-0.39, 0.29) is 15.9 Å². The first-order valence-corrected chi connectivity index (χ1v) is 6.16. The highest BCUT2D eigenvalue weighted by Crippen LogP contribution is 2.31. The summed E-state index contributed by atoms with van der Waals surface area (Å²) in [5.74, 6) is 5.57. The van der Waals surface area contributed by atoms with Crippen molar-refractivity contribution in [1.29, 1.82) is 0 Å². The molecule has 0 spiro atoms. The Balaban J connectivity index is 2.83. The molecule has 1 nitrogen and oxygen atoms in total. The SMILES string of the molecule is CC(=O)SCC#Cc1ccc(C(F)(F)F)cc1Cl. The molecule has 1 aromatic rings. The Labute approximate surface area is 112 Å². The van der Waals surface area contributed by atoms with Gasteiger partial charge in [-0.15, -0.1) is 0 Å². The summed E-state index contributed by atoms with van der Waals surface area (Å²) in [5, 5.41) is -0.118. The van der Waals surface area contributed by atoms with Crippen molar-refractivity contribution in [2.45, 2.75) is 13.1 Å². The van der Waals surface area contributed by atoms with Crippen molar-refractivity contribution < 1.29 is 18.0 Å². The van der Waals surface area contributed by atoms with Crippen LogP contribution in [-0.2, 0) is 11.0 Å². The van der Waals surface area contributed by atoms with Crippen LogP contribution in [0.3, 0.4) is 0 Å². The lowest BCUT2D eigenvalue weighted by atomic mass is 10.1. The molecule has 0 fully saturated rings. The zero-order valence-electron chi connectivity index (χ0n) is 9.27. The van der Waals surface area contributed by atoms with Gasteiger partial charge in [0.15, 0.2) is 5.12 Å². The Hall–Kier alpha value is -1.12. The summed E-state index contributed by atoms with van der Waals surface area (Å²) >= 11 is 6.73. The van der Waals surface area contributed by atoms with Crippen LogP contribution in [0.5, 0.6) is 0 Å². The van der Waals surface area contributed by atoms with Crippen molar-refractivity contribution in [2.75, 3.05) is 5.75 Å². The fourth-order valence-corrected chi connectivity index (χ4v) is 1.64. The highest BCUT2D eigenvalue weighted by molar-refractivity contribution is 8.13.